The number of nitrogens with zero attached hydrogens (tertiary/aromatic N) is 5. The molecule has 0 fully saturated rings. The number of thioether (sulfide) groups is 1. The Kier molecular flexibility index (Phi) is 5.52. The lowest BCUT2D eigenvalue weighted by Gasteiger charge is -2.10. The standard InChI is InChI=1S/C16H18N6O3S/c1-4-24-13-7-5-12(6-8-13)22-16(18-20-21-22)26-11(3)15(23)17-14-9-10(2)25-19-14/h5-9,11H,4H2,1-3H3,(H,17,19,23)/t11-/m0/s1. The molecule has 0 aliphatic heterocycles. The molecule has 0 spiro atoms. The summed E-state index contributed by atoms with van der Waals surface area (Å²) in [7, 11) is 0. The first-order chi connectivity index (χ1) is 12.6. The number of aromatic nitrogens is 5. The van der Waals surface area contributed by atoms with Crippen LogP contribution in [0.2, 0.25) is 0 Å². The predicted octanol–water partition coefficient (Wildman–Crippen LogP) is 2.48. The van der Waals surface area contributed by atoms with Crippen LogP contribution in [0.3, 0.4) is 0 Å². The summed E-state index contributed by atoms with van der Waals surface area (Å²) in [5, 5.41) is 18.2. The first-order valence-corrected chi connectivity index (χ1v) is 8.87. The highest BCUT2D eigenvalue weighted by molar-refractivity contribution is 8.00. The van der Waals surface area contributed by atoms with E-state index in [0.717, 1.165) is 11.4 Å². The summed E-state index contributed by atoms with van der Waals surface area (Å²) in [4.78, 5) is 12.3. The van der Waals surface area contributed by atoms with Gasteiger partial charge in [0.15, 0.2) is 5.82 Å². The third-order valence-electron chi connectivity index (χ3n) is 3.36. The van der Waals surface area contributed by atoms with E-state index in [0.29, 0.717) is 23.3 Å². The fourth-order valence-electron chi connectivity index (χ4n) is 2.13. The summed E-state index contributed by atoms with van der Waals surface area (Å²) >= 11 is 1.25. The zero-order valence-corrected chi connectivity index (χ0v) is 15.4. The number of hydrogen-bond acceptors (Lipinski definition) is 8. The van der Waals surface area contributed by atoms with Gasteiger partial charge in [0.05, 0.1) is 17.5 Å². The fraction of sp³-hybridized carbons (Fsp3) is 0.312. The smallest absolute Gasteiger partial charge is 0.238 e. The van der Waals surface area contributed by atoms with Crippen molar-refractivity contribution in [2.75, 3.05) is 11.9 Å². The molecule has 0 unspecified atom stereocenters. The lowest BCUT2D eigenvalue weighted by Crippen LogP contribution is -2.23. The quantitative estimate of drug-likeness (QED) is 0.628. The van der Waals surface area contributed by atoms with Gasteiger partial charge in [-0.25, -0.2) is 0 Å². The van der Waals surface area contributed by atoms with E-state index in [1.807, 2.05) is 31.2 Å². The minimum atomic E-state index is -0.431. The Morgan fingerprint density at radius 2 is 2.15 bits per heavy atom. The molecule has 1 atom stereocenters. The number of ether oxygens (including phenoxy) is 1. The summed E-state index contributed by atoms with van der Waals surface area (Å²) in [6.07, 6.45) is 0. The molecule has 2 heterocycles. The maximum Gasteiger partial charge on any atom is 0.238 e. The highest BCUT2D eigenvalue weighted by Crippen LogP contribution is 2.24. The van der Waals surface area contributed by atoms with Crippen molar-refractivity contribution in [3.05, 3.63) is 36.1 Å². The van der Waals surface area contributed by atoms with E-state index in [4.69, 9.17) is 9.26 Å². The largest absolute Gasteiger partial charge is 0.494 e. The van der Waals surface area contributed by atoms with Crippen molar-refractivity contribution < 1.29 is 14.1 Å². The number of benzene rings is 1. The molecule has 10 heteroatoms. The molecule has 0 aliphatic carbocycles. The van der Waals surface area contributed by atoms with Crippen molar-refractivity contribution in [1.29, 1.82) is 0 Å². The first-order valence-electron chi connectivity index (χ1n) is 7.99. The van der Waals surface area contributed by atoms with Crippen molar-refractivity contribution in [2.24, 2.45) is 0 Å². The predicted molar refractivity (Wildman–Crippen MR) is 95.5 cm³/mol. The second-order valence-corrected chi connectivity index (χ2v) is 6.68. The van der Waals surface area contributed by atoms with Gasteiger partial charge in [0.1, 0.15) is 11.5 Å². The Bertz CT molecular complexity index is 876. The number of hydrogen-bond donors (Lipinski definition) is 1. The third-order valence-corrected chi connectivity index (χ3v) is 4.40. The van der Waals surface area contributed by atoms with Crippen LogP contribution in [0.25, 0.3) is 5.69 Å². The van der Waals surface area contributed by atoms with E-state index in [9.17, 15) is 4.79 Å². The van der Waals surface area contributed by atoms with E-state index in [-0.39, 0.29) is 5.91 Å². The number of tetrazole rings is 1. The molecular formula is C16H18N6O3S. The van der Waals surface area contributed by atoms with E-state index >= 15 is 0 Å². The molecule has 136 valence electrons. The summed E-state index contributed by atoms with van der Waals surface area (Å²) in [6, 6.07) is 9.05. The average Bonchev–Trinajstić information content (AvgIpc) is 3.25. The summed E-state index contributed by atoms with van der Waals surface area (Å²) in [6.45, 7) is 6.05. The van der Waals surface area contributed by atoms with Crippen LogP contribution in [-0.2, 0) is 4.79 Å². The summed E-state index contributed by atoms with van der Waals surface area (Å²) in [5.74, 6) is 1.56. The van der Waals surface area contributed by atoms with Gasteiger partial charge in [0.2, 0.25) is 11.1 Å². The second-order valence-electron chi connectivity index (χ2n) is 5.37. The highest BCUT2D eigenvalue weighted by Gasteiger charge is 2.20. The monoisotopic (exact) mass is 374 g/mol. The van der Waals surface area contributed by atoms with Gasteiger partial charge in [0.25, 0.3) is 0 Å². The molecule has 3 aromatic rings. The molecule has 0 bridgehead atoms. The molecule has 0 aliphatic rings. The van der Waals surface area contributed by atoms with Crippen LogP contribution in [0.15, 0.2) is 40.0 Å². The molecule has 3 rings (SSSR count). The molecular weight excluding hydrogens is 356 g/mol. The average molecular weight is 374 g/mol. The lowest BCUT2D eigenvalue weighted by atomic mass is 10.3. The van der Waals surface area contributed by atoms with E-state index in [2.05, 4.69) is 26.0 Å². The van der Waals surface area contributed by atoms with Crippen LogP contribution in [0, 0.1) is 6.92 Å². The molecule has 0 saturated carbocycles. The molecule has 9 nitrogen and oxygen atoms in total. The minimum absolute atomic E-state index is 0.218. The summed E-state index contributed by atoms with van der Waals surface area (Å²) in [5.41, 5.74) is 0.778. The maximum absolute atomic E-state index is 12.3. The van der Waals surface area contributed by atoms with Crippen molar-refractivity contribution in [1.82, 2.24) is 25.4 Å². The van der Waals surface area contributed by atoms with Gasteiger partial charge in [-0.05, 0) is 55.5 Å². The molecule has 0 radical (unpaired) electrons. The lowest BCUT2D eigenvalue weighted by molar-refractivity contribution is -0.115. The topological polar surface area (TPSA) is 108 Å². The van der Waals surface area contributed by atoms with Crippen LogP contribution >= 0.6 is 11.8 Å². The summed E-state index contributed by atoms with van der Waals surface area (Å²) < 4.78 is 11.9. The Hall–Kier alpha value is -2.88. The van der Waals surface area contributed by atoms with Crippen LogP contribution in [0.5, 0.6) is 5.75 Å². The van der Waals surface area contributed by atoms with E-state index in [1.54, 1.807) is 24.6 Å². The van der Waals surface area contributed by atoms with Crippen molar-refractivity contribution in [3.8, 4) is 11.4 Å². The Balaban J connectivity index is 1.68. The zero-order valence-electron chi connectivity index (χ0n) is 14.5. The Labute approximate surface area is 154 Å². The van der Waals surface area contributed by atoms with Gasteiger partial charge in [-0.15, -0.1) is 5.10 Å². The van der Waals surface area contributed by atoms with Crippen molar-refractivity contribution in [2.45, 2.75) is 31.2 Å². The number of rotatable bonds is 7. The Morgan fingerprint density at radius 3 is 2.81 bits per heavy atom. The van der Waals surface area contributed by atoms with Crippen molar-refractivity contribution in [3.63, 3.8) is 0 Å². The molecule has 26 heavy (non-hydrogen) atoms. The SMILES string of the molecule is CCOc1ccc(-n2nnnc2S[C@@H](C)C(=O)Nc2cc(C)on2)cc1. The van der Waals surface area contributed by atoms with E-state index in [1.165, 1.54) is 11.8 Å². The van der Waals surface area contributed by atoms with Gasteiger partial charge >= 0.3 is 0 Å². The molecule has 2 aromatic heterocycles. The third kappa shape index (κ3) is 4.20. The molecule has 1 N–H and O–H groups in total. The fourth-order valence-corrected chi connectivity index (χ4v) is 2.94. The van der Waals surface area contributed by atoms with Crippen LogP contribution in [0.4, 0.5) is 5.82 Å². The maximum atomic E-state index is 12.3. The minimum Gasteiger partial charge on any atom is -0.494 e. The molecule has 1 amide bonds. The number of amides is 1. The van der Waals surface area contributed by atoms with E-state index < -0.39 is 5.25 Å². The van der Waals surface area contributed by atoms with Gasteiger partial charge in [-0.3, -0.25) is 4.79 Å². The van der Waals surface area contributed by atoms with Gasteiger partial charge in [-0.2, -0.15) is 4.68 Å². The van der Waals surface area contributed by atoms with Gasteiger partial charge < -0.3 is 14.6 Å². The number of carbonyl (C=O) groups is 1. The Morgan fingerprint density at radius 1 is 1.38 bits per heavy atom. The normalized spacial score (nSPS) is 12.0. The number of carbonyl (C=O) groups excluding carboxylic acids is 1. The first kappa shape index (κ1) is 17.9. The molecule has 1 aromatic carbocycles. The van der Waals surface area contributed by atoms with Crippen LogP contribution in [0.1, 0.15) is 19.6 Å². The van der Waals surface area contributed by atoms with Gasteiger partial charge in [0, 0.05) is 6.07 Å². The highest BCUT2D eigenvalue weighted by atomic mass is 32.2. The second kappa shape index (κ2) is 8.00. The van der Waals surface area contributed by atoms with Crippen LogP contribution in [-0.4, -0.2) is 43.1 Å². The van der Waals surface area contributed by atoms with Crippen LogP contribution < -0.4 is 10.1 Å². The number of anilines is 1. The van der Waals surface area contributed by atoms with Crippen molar-refractivity contribution >= 4 is 23.5 Å². The number of aryl methyl sites for hydroxylation is 1. The molecule has 0 saturated heterocycles. The zero-order chi connectivity index (χ0) is 18.5. The number of nitrogens with one attached hydrogen (secondary N) is 1. The van der Waals surface area contributed by atoms with Gasteiger partial charge in [-0.1, -0.05) is 16.9 Å².